The highest BCUT2D eigenvalue weighted by Gasteiger charge is 2.48. The molecule has 0 radical (unpaired) electrons. The van der Waals surface area contributed by atoms with E-state index in [0.717, 1.165) is 16.9 Å². The highest BCUT2D eigenvalue weighted by Crippen LogP contribution is 2.44. The number of nitrogens with zero attached hydrogens (tertiary/aromatic N) is 3. The minimum atomic E-state index is -1.000. The number of methoxy groups -OCH3 is 1. The zero-order valence-corrected chi connectivity index (χ0v) is 24.3. The molecule has 1 N–H and O–H groups in total. The van der Waals surface area contributed by atoms with Gasteiger partial charge in [0.25, 0.3) is 5.78 Å². The molecule has 0 bridgehead atoms. The summed E-state index contributed by atoms with van der Waals surface area (Å²) in [5, 5.41) is 20.3. The number of benzene rings is 3. The zero-order valence-electron chi connectivity index (χ0n) is 22.6. The van der Waals surface area contributed by atoms with Crippen LogP contribution in [0, 0.1) is 0 Å². The number of amides is 1. The third kappa shape index (κ3) is 5.17. The third-order valence-corrected chi connectivity index (χ3v) is 9.20. The lowest BCUT2D eigenvalue weighted by molar-refractivity contribution is -0.132. The fourth-order valence-electron chi connectivity index (χ4n) is 5.07. The number of rotatable bonds is 7. The third-order valence-electron chi connectivity index (χ3n) is 7.07. The smallest absolute Gasteiger partial charge is 0.337 e. The molecule has 2 aliphatic heterocycles. The van der Waals surface area contributed by atoms with E-state index in [4.69, 9.17) is 9.47 Å². The van der Waals surface area contributed by atoms with Gasteiger partial charge in [-0.3, -0.25) is 14.5 Å². The molecule has 6 rings (SSSR count). The van der Waals surface area contributed by atoms with Crippen molar-refractivity contribution in [1.82, 2.24) is 10.2 Å². The quantitative estimate of drug-likeness (QED) is 0.0727. The number of carbonyl (C=O) groups is 3. The maximum Gasteiger partial charge on any atom is 0.337 e. The van der Waals surface area contributed by atoms with Gasteiger partial charge >= 0.3 is 11.9 Å². The molecule has 1 fully saturated rings. The molecular formula is C31H25N3O6S2. The van der Waals surface area contributed by atoms with Crippen LogP contribution in [0.4, 0.5) is 5.13 Å². The molecule has 2 aliphatic rings. The Bertz CT molecular complexity index is 1720. The van der Waals surface area contributed by atoms with Gasteiger partial charge in [-0.1, -0.05) is 65.6 Å². The molecule has 0 aliphatic carbocycles. The van der Waals surface area contributed by atoms with Crippen LogP contribution in [0.3, 0.4) is 0 Å². The van der Waals surface area contributed by atoms with Gasteiger partial charge in [-0.15, -0.1) is 10.2 Å². The molecule has 0 spiro atoms. The first-order valence-corrected chi connectivity index (χ1v) is 14.9. The fraction of sp³-hybridized carbons (Fsp3) is 0.194. The first kappa shape index (κ1) is 27.7. The van der Waals surface area contributed by atoms with Crippen molar-refractivity contribution < 1.29 is 29.0 Å². The van der Waals surface area contributed by atoms with Gasteiger partial charge in [0.05, 0.1) is 24.3 Å². The highest BCUT2D eigenvalue weighted by molar-refractivity contribution is 8.00. The number of aliphatic hydroxyl groups is 1. The van der Waals surface area contributed by atoms with Gasteiger partial charge < -0.3 is 14.6 Å². The molecule has 1 aromatic heterocycles. The number of hydrogen-bond donors (Lipinski definition) is 1. The largest absolute Gasteiger partial charge is 0.507 e. The molecule has 0 unspecified atom stereocenters. The van der Waals surface area contributed by atoms with Crippen molar-refractivity contribution in [1.29, 1.82) is 0 Å². The average Bonchev–Trinajstić information content (AvgIpc) is 3.70. The van der Waals surface area contributed by atoms with Crippen molar-refractivity contribution >= 4 is 51.6 Å². The number of ether oxygens (including phenoxy) is 2. The maximum atomic E-state index is 13.6. The van der Waals surface area contributed by atoms with Crippen molar-refractivity contribution in [3.63, 3.8) is 0 Å². The second-order valence-corrected chi connectivity index (χ2v) is 12.0. The minimum absolute atomic E-state index is 0.00246. The summed E-state index contributed by atoms with van der Waals surface area (Å²) in [5.74, 6) is -1.10. The van der Waals surface area contributed by atoms with Crippen LogP contribution in [0.25, 0.3) is 5.76 Å². The van der Waals surface area contributed by atoms with Crippen LogP contribution in [-0.4, -0.2) is 46.2 Å². The lowest BCUT2D eigenvalue weighted by Gasteiger charge is -2.22. The molecule has 42 heavy (non-hydrogen) atoms. The van der Waals surface area contributed by atoms with Crippen LogP contribution in [0.5, 0.6) is 5.75 Å². The number of ketones is 1. The van der Waals surface area contributed by atoms with Crippen molar-refractivity contribution in [2.45, 2.75) is 35.6 Å². The van der Waals surface area contributed by atoms with Gasteiger partial charge in [0.2, 0.25) is 5.13 Å². The molecule has 1 amide bonds. The van der Waals surface area contributed by atoms with Crippen LogP contribution in [-0.2, 0) is 26.5 Å². The standard InChI is InChI=1S/C31H25N3O6S2/c1-17-14-22-15-21(12-13-23(22)40-17)26(35)24-25(19-8-10-20(11-9-19)29(38)39-2)34(28(37)27(24)36)30-32-33-31(42-30)41-16-18-6-4-3-5-7-18/h3-13,15,17,25,35H,14,16H2,1-2H3/t17-,25+/m1/s1. The van der Waals surface area contributed by atoms with Gasteiger partial charge in [0, 0.05) is 17.7 Å². The van der Waals surface area contributed by atoms with Gasteiger partial charge in [-0.25, -0.2) is 4.79 Å². The summed E-state index contributed by atoms with van der Waals surface area (Å²) in [6.07, 6.45) is 0.667. The topological polar surface area (TPSA) is 119 Å². The van der Waals surface area contributed by atoms with Gasteiger partial charge in [0.1, 0.15) is 17.6 Å². The Hall–Kier alpha value is -4.48. The number of hydrogen-bond acceptors (Lipinski definition) is 10. The van der Waals surface area contributed by atoms with E-state index in [1.54, 1.807) is 42.5 Å². The molecule has 0 saturated carbocycles. The van der Waals surface area contributed by atoms with Crippen LogP contribution in [0.1, 0.15) is 45.6 Å². The zero-order chi connectivity index (χ0) is 29.4. The molecule has 11 heteroatoms. The molecule has 1 saturated heterocycles. The number of aromatic nitrogens is 2. The normalized spacial score (nSPS) is 19.0. The molecule has 9 nitrogen and oxygen atoms in total. The predicted octanol–water partition coefficient (Wildman–Crippen LogP) is 5.57. The van der Waals surface area contributed by atoms with Crippen LogP contribution in [0.2, 0.25) is 0 Å². The highest BCUT2D eigenvalue weighted by atomic mass is 32.2. The van der Waals surface area contributed by atoms with E-state index < -0.39 is 23.7 Å². The van der Waals surface area contributed by atoms with E-state index in [0.29, 0.717) is 33.2 Å². The Kier molecular flexibility index (Phi) is 7.53. The summed E-state index contributed by atoms with van der Waals surface area (Å²) < 4.78 is 11.2. The Balaban J connectivity index is 1.40. The summed E-state index contributed by atoms with van der Waals surface area (Å²) in [5.41, 5.74) is 3.16. The molecule has 3 aromatic carbocycles. The number of Topliss-reactive ketones (excluding diaryl/α,β-unsaturated/α-hetero) is 1. The summed E-state index contributed by atoms with van der Waals surface area (Å²) in [6, 6.07) is 20.5. The summed E-state index contributed by atoms with van der Waals surface area (Å²) in [4.78, 5) is 40.4. The molecule has 212 valence electrons. The number of aliphatic hydroxyl groups excluding tert-OH is 1. The first-order valence-electron chi connectivity index (χ1n) is 13.1. The first-order chi connectivity index (χ1) is 20.3. The molecule has 2 atom stereocenters. The maximum absolute atomic E-state index is 13.6. The van der Waals surface area contributed by atoms with E-state index in [-0.39, 0.29) is 22.6 Å². The lowest BCUT2D eigenvalue weighted by atomic mass is 9.94. The van der Waals surface area contributed by atoms with E-state index in [9.17, 15) is 19.5 Å². The van der Waals surface area contributed by atoms with E-state index in [1.165, 1.54) is 35.1 Å². The second kappa shape index (κ2) is 11.4. The van der Waals surface area contributed by atoms with Crippen molar-refractivity contribution in [3.8, 4) is 5.75 Å². The van der Waals surface area contributed by atoms with Crippen molar-refractivity contribution in [3.05, 3.63) is 106 Å². The Morgan fingerprint density at radius 1 is 1.07 bits per heavy atom. The monoisotopic (exact) mass is 599 g/mol. The molecule has 4 aromatic rings. The van der Waals surface area contributed by atoms with E-state index in [2.05, 4.69) is 10.2 Å². The number of fused-ring (bicyclic) bond motifs is 1. The molecular weight excluding hydrogens is 574 g/mol. The number of anilines is 1. The van der Waals surface area contributed by atoms with Crippen LogP contribution >= 0.6 is 23.1 Å². The Morgan fingerprint density at radius 3 is 2.55 bits per heavy atom. The lowest BCUT2D eigenvalue weighted by Crippen LogP contribution is -2.29. The number of thioether (sulfide) groups is 1. The Morgan fingerprint density at radius 2 is 1.81 bits per heavy atom. The van der Waals surface area contributed by atoms with E-state index >= 15 is 0 Å². The minimum Gasteiger partial charge on any atom is -0.507 e. The molecule has 3 heterocycles. The Labute approximate surface area is 249 Å². The number of carbonyl (C=O) groups excluding carboxylic acids is 3. The predicted molar refractivity (Wildman–Crippen MR) is 159 cm³/mol. The van der Waals surface area contributed by atoms with Crippen molar-refractivity contribution in [2.24, 2.45) is 0 Å². The summed E-state index contributed by atoms with van der Waals surface area (Å²) in [6.45, 7) is 1.96. The van der Waals surface area contributed by atoms with Gasteiger partial charge in [0.15, 0.2) is 4.34 Å². The number of esters is 1. The second-order valence-electron chi connectivity index (χ2n) is 9.86. The summed E-state index contributed by atoms with van der Waals surface area (Å²) >= 11 is 2.66. The fourth-order valence-corrected chi connectivity index (χ4v) is 6.89. The van der Waals surface area contributed by atoms with Crippen LogP contribution < -0.4 is 9.64 Å². The van der Waals surface area contributed by atoms with Gasteiger partial charge in [-0.05, 0) is 53.9 Å². The van der Waals surface area contributed by atoms with E-state index in [1.807, 2.05) is 37.3 Å². The average molecular weight is 600 g/mol. The van der Waals surface area contributed by atoms with Crippen LogP contribution in [0.15, 0.2) is 82.7 Å². The summed E-state index contributed by atoms with van der Waals surface area (Å²) in [7, 11) is 1.29. The SMILES string of the molecule is COC(=O)c1ccc([C@H]2C(=C(O)c3ccc4c(c3)C[C@@H](C)O4)C(=O)C(=O)N2c2nnc(SCc3ccccc3)s2)cc1. The van der Waals surface area contributed by atoms with Crippen molar-refractivity contribution in [2.75, 3.05) is 12.0 Å². The van der Waals surface area contributed by atoms with Gasteiger partial charge in [-0.2, -0.15) is 0 Å².